The third-order valence-corrected chi connectivity index (χ3v) is 4.49. The minimum atomic E-state index is 0.0344. The summed E-state index contributed by atoms with van der Waals surface area (Å²) in [5.74, 6) is 2.51. The normalized spacial score (nSPS) is 15.3. The maximum atomic E-state index is 6.23. The Kier molecular flexibility index (Phi) is 4.68. The van der Waals surface area contributed by atoms with Gasteiger partial charge >= 0.3 is 0 Å². The van der Waals surface area contributed by atoms with Crippen LogP contribution in [0.2, 0.25) is 0 Å². The standard InChI is InChI=1S/C17H19NO2S/c18-15(13-5-2-1-3-6-13)12-21-14-7-8-16-17(11-14)20-10-4-9-19-16/h1-3,5-8,11,15H,4,9-10,12,18H2. The molecule has 2 aromatic rings. The summed E-state index contributed by atoms with van der Waals surface area (Å²) in [5.41, 5.74) is 7.39. The fourth-order valence-electron chi connectivity index (χ4n) is 2.22. The second kappa shape index (κ2) is 6.87. The van der Waals surface area contributed by atoms with Crippen molar-refractivity contribution >= 4 is 11.8 Å². The summed E-state index contributed by atoms with van der Waals surface area (Å²) >= 11 is 1.74. The Morgan fingerprint density at radius 1 is 1.00 bits per heavy atom. The van der Waals surface area contributed by atoms with E-state index >= 15 is 0 Å². The van der Waals surface area contributed by atoms with Gasteiger partial charge in [-0.1, -0.05) is 30.3 Å². The van der Waals surface area contributed by atoms with Crippen molar-refractivity contribution < 1.29 is 9.47 Å². The van der Waals surface area contributed by atoms with Crippen LogP contribution in [-0.2, 0) is 0 Å². The van der Waals surface area contributed by atoms with E-state index in [1.54, 1.807) is 11.8 Å². The smallest absolute Gasteiger partial charge is 0.162 e. The van der Waals surface area contributed by atoms with Gasteiger partial charge in [-0.2, -0.15) is 0 Å². The lowest BCUT2D eigenvalue weighted by molar-refractivity contribution is 0.297. The largest absolute Gasteiger partial charge is 0.490 e. The zero-order valence-corrected chi connectivity index (χ0v) is 12.6. The molecule has 4 heteroatoms. The van der Waals surface area contributed by atoms with Crippen LogP contribution in [0.1, 0.15) is 18.0 Å². The van der Waals surface area contributed by atoms with Crippen molar-refractivity contribution in [2.45, 2.75) is 17.4 Å². The summed E-state index contributed by atoms with van der Waals surface area (Å²) < 4.78 is 11.4. The first-order chi connectivity index (χ1) is 10.3. The number of fused-ring (bicyclic) bond motifs is 1. The van der Waals surface area contributed by atoms with E-state index in [0.717, 1.165) is 35.2 Å². The van der Waals surface area contributed by atoms with Crippen molar-refractivity contribution in [2.75, 3.05) is 19.0 Å². The Bertz CT molecular complexity index is 589. The van der Waals surface area contributed by atoms with E-state index in [-0.39, 0.29) is 6.04 Å². The molecule has 0 spiro atoms. The highest BCUT2D eigenvalue weighted by atomic mass is 32.2. The quantitative estimate of drug-likeness (QED) is 0.876. The van der Waals surface area contributed by atoms with Crippen molar-refractivity contribution in [3.63, 3.8) is 0 Å². The second-order valence-corrected chi connectivity index (χ2v) is 6.08. The van der Waals surface area contributed by atoms with Gasteiger partial charge in [-0.15, -0.1) is 11.8 Å². The van der Waals surface area contributed by atoms with Crippen LogP contribution in [0.3, 0.4) is 0 Å². The van der Waals surface area contributed by atoms with Gasteiger partial charge < -0.3 is 15.2 Å². The molecular weight excluding hydrogens is 282 g/mol. The first kappa shape index (κ1) is 14.3. The molecule has 0 bridgehead atoms. The van der Waals surface area contributed by atoms with Gasteiger partial charge in [0.05, 0.1) is 13.2 Å². The molecule has 1 unspecified atom stereocenters. The maximum Gasteiger partial charge on any atom is 0.162 e. The zero-order chi connectivity index (χ0) is 14.5. The van der Waals surface area contributed by atoms with Crippen molar-refractivity contribution in [1.82, 2.24) is 0 Å². The first-order valence-electron chi connectivity index (χ1n) is 7.16. The average molecular weight is 301 g/mol. The molecule has 0 saturated carbocycles. The highest BCUT2D eigenvalue weighted by molar-refractivity contribution is 7.99. The molecule has 0 radical (unpaired) electrons. The average Bonchev–Trinajstić information content (AvgIpc) is 2.78. The minimum Gasteiger partial charge on any atom is -0.490 e. The number of thioether (sulfide) groups is 1. The van der Waals surface area contributed by atoms with Gasteiger partial charge in [0.2, 0.25) is 0 Å². The number of hydrogen-bond acceptors (Lipinski definition) is 4. The van der Waals surface area contributed by atoms with Crippen molar-refractivity contribution in [2.24, 2.45) is 5.73 Å². The van der Waals surface area contributed by atoms with E-state index in [1.165, 1.54) is 5.56 Å². The molecule has 0 aromatic heterocycles. The summed E-state index contributed by atoms with van der Waals surface area (Å²) in [4.78, 5) is 1.16. The van der Waals surface area contributed by atoms with Crippen LogP contribution in [0.4, 0.5) is 0 Å². The lowest BCUT2D eigenvalue weighted by Crippen LogP contribution is -2.12. The lowest BCUT2D eigenvalue weighted by Gasteiger charge is -2.13. The van der Waals surface area contributed by atoms with Crippen LogP contribution in [0, 0.1) is 0 Å². The molecule has 0 aliphatic carbocycles. The van der Waals surface area contributed by atoms with Crippen LogP contribution in [0.15, 0.2) is 53.4 Å². The topological polar surface area (TPSA) is 44.5 Å². The Morgan fingerprint density at radius 3 is 2.57 bits per heavy atom. The van der Waals surface area contributed by atoms with Crippen LogP contribution < -0.4 is 15.2 Å². The maximum absolute atomic E-state index is 6.23. The molecule has 110 valence electrons. The van der Waals surface area contributed by atoms with Gasteiger partial charge in [0, 0.05) is 23.1 Å². The van der Waals surface area contributed by atoms with E-state index in [1.807, 2.05) is 30.3 Å². The number of nitrogens with two attached hydrogens (primary N) is 1. The molecule has 2 aromatic carbocycles. The predicted molar refractivity (Wildman–Crippen MR) is 86.1 cm³/mol. The third-order valence-electron chi connectivity index (χ3n) is 3.38. The molecule has 1 heterocycles. The molecule has 3 nitrogen and oxygen atoms in total. The summed E-state index contributed by atoms with van der Waals surface area (Å²) in [6.07, 6.45) is 0.927. The Morgan fingerprint density at radius 2 is 1.76 bits per heavy atom. The zero-order valence-electron chi connectivity index (χ0n) is 11.8. The van der Waals surface area contributed by atoms with Crippen LogP contribution in [-0.4, -0.2) is 19.0 Å². The van der Waals surface area contributed by atoms with E-state index < -0.39 is 0 Å². The van der Waals surface area contributed by atoms with E-state index in [0.29, 0.717) is 6.61 Å². The van der Waals surface area contributed by atoms with E-state index in [9.17, 15) is 0 Å². The van der Waals surface area contributed by atoms with Gasteiger partial charge in [0.1, 0.15) is 0 Å². The molecule has 21 heavy (non-hydrogen) atoms. The fraction of sp³-hybridized carbons (Fsp3) is 0.294. The third kappa shape index (κ3) is 3.71. The molecule has 1 aliphatic rings. The van der Waals surface area contributed by atoms with Gasteiger partial charge in [-0.05, 0) is 23.8 Å². The summed E-state index contributed by atoms with van der Waals surface area (Å²) in [6.45, 7) is 1.43. The first-order valence-corrected chi connectivity index (χ1v) is 8.14. The van der Waals surface area contributed by atoms with Crippen molar-refractivity contribution in [3.05, 3.63) is 54.1 Å². The Balaban J connectivity index is 1.64. The Hall–Kier alpha value is -1.65. The van der Waals surface area contributed by atoms with Gasteiger partial charge in [0.15, 0.2) is 11.5 Å². The molecular formula is C17H19NO2S. The molecule has 0 amide bonds. The van der Waals surface area contributed by atoms with Gasteiger partial charge in [0.25, 0.3) is 0 Å². The molecule has 0 fully saturated rings. The molecule has 2 N–H and O–H groups in total. The SMILES string of the molecule is NC(CSc1ccc2c(c1)OCCCO2)c1ccccc1. The van der Waals surface area contributed by atoms with Crippen LogP contribution in [0.5, 0.6) is 11.5 Å². The highest BCUT2D eigenvalue weighted by Gasteiger charge is 2.12. The number of rotatable bonds is 4. The van der Waals surface area contributed by atoms with Gasteiger partial charge in [-0.3, -0.25) is 0 Å². The van der Waals surface area contributed by atoms with Crippen LogP contribution >= 0.6 is 11.8 Å². The molecule has 1 aliphatic heterocycles. The fourth-order valence-corrected chi connectivity index (χ4v) is 3.13. The van der Waals surface area contributed by atoms with E-state index in [2.05, 4.69) is 18.2 Å². The molecule has 0 saturated heterocycles. The van der Waals surface area contributed by atoms with Crippen molar-refractivity contribution in [3.8, 4) is 11.5 Å². The summed E-state index contributed by atoms with van der Waals surface area (Å²) in [5, 5.41) is 0. The molecule has 3 rings (SSSR count). The predicted octanol–water partition coefficient (Wildman–Crippen LogP) is 3.64. The minimum absolute atomic E-state index is 0.0344. The Labute approximate surface area is 129 Å². The van der Waals surface area contributed by atoms with Crippen LogP contribution in [0.25, 0.3) is 0 Å². The highest BCUT2D eigenvalue weighted by Crippen LogP contribution is 2.34. The molecule has 1 atom stereocenters. The summed E-state index contributed by atoms with van der Waals surface area (Å²) in [7, 11) is 0. The number of hydrogen-bond donors (Lipinski definition) is 1. The number of ether oxygens (including phenoxy) is 2. The monoisotopic (exact) mass is 301 g/mol. The van der Waals surface area contributed by atoms with E-state index in [4.69, 9.17) is 15.2 Å². The lowest BCUT2D eigenvalue weighted by atomic mass is 10.1. The number of benzene rings is 2. The van der Waals surface area contributed by atoms with Crippen molar-refractivity contribution in [1.29, 1.82) is 0 Å². The summed E-state index contributed by atoms with van der Waals surface area (Å²) in [6, 6.07) is 16.3. The van der Waals surface area contributed by atoms with Gasteiger partial charge in [-0.25, -0.2) is 0 Å². The second-order valence-electron chi connectivity index (χ2n) is 4.99.